The van der Waals surface area contributed by atoms with Crippen molar-refractivity contribution in [2.45, 2.75) is 6.42 Å². The van der Waals surface area contributed by atoms with E-state index in [1.807, 2.05) is 0 Å². The maximum absolute atomic E-state index is 8.56. The summed E-state index contributed by atoms with van der Waals surface area (Å²) >= 11 is 0. The van der Waals surface area contributed by atoms with E-state index in [0.717, 1.165) is 0 Å². The van der Waals surface area contributed by atoms with E-state index in [9.17, 15) is 0 Å². The summed E-state index contributed by atoms with van der Waals surface area (Å²) in [6, 6.07) is 0. The zero-order chi connectivity index (χ0) is 7.11. The second-order valence-corrected chi connectivity index (χ2v) is 1.49. The summed E-state index contributed by atoms with van der Waals surface area (Å²) in [4.78, 5) is 0. The Morgan fingerprint density at radius 2 is 2.22 bits per heavy atom. The van der Waals surface area contributed by atoms with Gasteiger partial charge in [0.15, 0.2) is 0 Å². The highest BCUT2D eigenvalue weighted by atomic mass is 16.7. The minimum Gasteiger partial charge on any atom is -0.402 e. The number of aliphatic hydroxyl groups excluding tert-OH is 1. The molecule has 0 saturated heterocycles. The molecule has 2 N–H and O–H groups in total. The Hall–Kier alpha value is -0.0951. The Morgan fingerprint density at radius 3 is 2.67 bits per heavy atom. The minimum absolute atomic E-state index is 0.0659. The zero-order valence-corrected chi connectivity index (χ0v) is 5.41. The maximum Gasteiger partial charge on any atom is 0.636 e. The highest BCUT2D eigenvalue weighted by Gasteiger charge is 2.10. The average molecular weight is 134 g/mol. The van der Waals surface area contributed by atoms with Crippen LogP contribution in [0.5, 0.6) is 0 Å². The highest BCUT2D eigenvalue weighted by molar-refractivity contribution is 6.34. The lowest BCUT2D eigenvalue weighted by Gasteiger charge is -2.02. The zero-order valence-electron chi connectivity index (χ0n) is 5.41. The fraction of sp³-hybridized carbons (Fsp3) is 1.00. The molecule has 9 heavy (non-hydrogen) atoms. The number of rotatable bonds is 5. The van der Waals surface area contributed by atoms with Gasteiger partial charge in [-0.2, -0.15) is 0 Å². The van der Waals surface area contributed by atoms with Gasteiger partial charge in [-0.25, -0.2) is 0 Å². The molecule has 4 nitrogen and oxygen atoms in total. The van der Waals surface area contributed by atoms with Crippen LogP contribution in [0.4, 0.5) is 0 Å². The Bertz CT molecular complexity index is 60.5. The second kappa shape index (κ2) is 6.03. The number of aliphatic hydroxyl groups is 1. The van der Waals surface area contributed by atoms with E-state index in [2.05, 4.69) is 9.31 Å². The van der Waals surface area contributed by atoms with Crippen molar-refractivity contribution in [3.05, 3.63) is 0 Å². The van der Waals surface area contributed by atoms with Crippen molar-refractivity contribution in [3.8, 4) is 0 Å². The Balaban J connectivity index is 2.88. The van der Waals surface area contributed by atoms with Crippen LogP contribution >= 0.6 is 0 Å². The summed E-state index contributed by atoms with van der Waals surface area (Å²) in [5, 5.41) is 16.8. The largest absolute Gasteiger partial charge is 0.636 e. The topological polar surface area (TPSA) is 58.9 Å². The molecule has 0 amide bonds. The van der Waals surface area contributed by atoms with E-state index in [0.29, 0.717) is 13.0 Å². The van der Waals surface area contributed by atoms with E-state index in [-0.39, 0.29) is 6.61 Å². The Morgan fingerprint density at radius 1 is 1.56 bits per heavy atom. The smallest absolute Gasteiger partial charge is 0.402 e. The van der Waals surface area contributed by atoms with Gasteiger partial charge < -0.3 is 19.4 Å². The van der Waals surface area contributed by atoms with Gasteiger partial charge in [0.25, 0.3) is 0 Å². The molecule has 0 spiro atoms. The lowest BCUT2D eigenvalue weighted by Crippen LogP contribution is -2.21. The van der Waals surface area contributed by atoms with Crippen LogP contribution in [0.15, 0.2) is 0 Å². The summed E-state index contributed by atoms with van der Waals surface area (Å²) in [6.45, 7) is 0.377. The molecular weight excluding hydrogens is 123 g/mol. The maximum atomic E-state index is 8.56. The van der Waals surface area contributed by atoms with Crippen LogP contribution in [0.2, 0.25) is 0 Å². The highest BCUT2D eigenvalue weighted by Crippen LogP contribution is 1.84. The molecule has 0 saturated carbocycles. The molecule has 0 unspecified atom stereocenters. The first-order valence-electron chi connectivity index (χ1n) is 2.74. The van der Waals surface area contributed by atoms with E-state index in [1.54, 1.807) is 0 Å². The van der Waals surface area contributed by atoms with Gasteiger partial charge in [-0.05, 0) is 6.42 Å². The fourth-order valence-corrected chi connectivity index (χ4v) is 0.317. The van der Waals surface area contributed by atoms with Gasteiger partial charge >= 0.3 is 7.32 Å². The summed E-state index contributed by atoms with van der Waals surface area (Å²) in [5.41, 5.74) is 0. The molecule has 0 rings (SSSR count). The monoisotopic (exact) mass is 134 g/mol. The lowest BCUT2D eigenvalue weighted by atomic mass is 10.2. The van der Waals surface area contributed by atoms with Gasteiger partial charge in [0, 0.05) is 20.3 Å². The second-order valence-electron chi connectivity index (χ2n) is 1.49. The summed E-state index contributed by atoms with van der Waals surface area (Å²) in [7, 11) is 0.181. The third kappa shape index (κ3) is 5.78. The van der Waals surface area contributed by atoms with Gasteiger partial charge in [0.05, 0.1) is 0 Å². The van der Waals surface area contributed by atoms with Crippen molar-refractivity contribution < 1.29 is 19.4 Å². The molecule has 0 aromatic rings. The Labute approximate surface area is 54.6 Å². The third-order valence-electron chi connectivity index (χ3n) is 0.765. The molecular formula is C4H11BO4. The van der Waals surface area contributed by atoms with Crippen molar-refractivity contribution in [1.82, 2.24) is 0 Å². The van der Waals surface area contributed by atoms with Gasteiger partial charge in [-0.3, -0.25) is 0 Å². The first-order chi connectivity index (χ1) is 4.31. The minimum atomic E-state index is -1.16. The third-order valence-corrected chi connectivity index (χ3v) is 0.765. The SMILES string of the molecule is COB(O)OCCCO. The van der Waals surface area contributed by atoms with Crippen LogP contribution in [0.1, 0.15) is 6.42 Å². The van der Waals surface area contributed by atoms with Crippen LogP contribution < -0.4 is 0 Å². The van der Waals surface area contributed by atoms with Crippen LogP contribution in [0.25, 0.3) is 0 Å². The van der Waals surface area contributed by atoms with Gasteiger partial charge in [0.2, 0.25) is 0 Å². The van der Waals surface area contributed by atoms with Crippen LogP contribution in [0, 0.1) is 0 Å². The molecule has 0 aromatic carbocycles. The van der Waals surface area contributed by atoms with E-state index >= 15 is 0 Å². The predicted molar refractivity (Wildman–Crippen MR) is 32.6 cm³/mol. The van der Waals surface area contributed by atoms with Crippen LogP contribution in [0.3, 0.4) is 0 Å². The van der Waals surface area contributed by atoms with Crippen molar-refractivity contribution in [2.24, 2.45) is 0 Å². The van der Waals surface area contributed by atoms with Crippen molar-refractivity contribution >= 4 is 7.32 Å². The van der Waals surface area contributed by atoms with Gasteiger partial charge in [-0.1, -0.05) is 0 Å². The first kappa shape index (κ1) is 8.90. The quantitative estimate of drug-likeness (QED) is 0.374. The van der Waals surface area contributed by atoms with E-state index < -0.39 is 7.32 Å². The summed E-state index contributed by atoms with van der Waals surface area (Å²) < 4.78 is 8.95. The standard InChI is InChI=1S/C4H11BO4/c1-8-5(7)9-4-2-3-6/h6-7H,2-4H2,1H3. The van der Waals surface area contributed by atoms with Crippen molar-refractivity contribution in [3.63, 3.8) is 0 Å². The molecule has 5 heteroatoms. The van der Waals surface area contributed by atoms with Gasteiger partial charge in [-0.15, -0.1) is 0 Å². The van der Waals surface area contributed by atoms with E-state index in [1.165, 1.54) is 7.11 Å². The molecule has 0 aromatic heterocycles. The Kier molecular flexibility index (Phi) is 5.97. The average Bonchev–Trinajstić information content (AvgIpc) is 1.89. The lowest BCUT2D eigenvalue weighted by molar-refractivity contribution is 0.145. The van der Waals surface area contributed by atoms with Crippen molar-refractivity contribution in [1.29, 1.82) is 0 Å². The molecule has 0 fully saturated rings. The normalized spacial score (nSPS) is 9.67. The molecule has 0 bridgehead atoms. The molecule has 0 aliphatic carbocycles. The van der Waals surface area contributed by atoms with Crippen LogP contribution in [-0.4, -0.2) is 37.8 Å². The van der Waals surface area contributed by atoms with E-state index in [4.69, 9.17) is 10.1 Å². The molecule has 0 atom stereocenters. The molecule has 0 heterocycles. The number of hydrogen-bond donors (Lipinski definition) is 2. The molecule has 0 radical (unpaired) electrons. The number of hydrogen-bond acceptors (Lipinski definition) is 4. The molecule has 0 aliphatic heterocycles. The fourth-order valence-electron chi connectivity index (χ4n) is 0.317. The molecule has 54 valence electrons. The predicted octanol–water partition coefficient (Wildman–Crippen LogP) is -0.991. The van der Waals surface area contributed by atoms with Crippen molar-refractivity contribution in [2.75, 3.05) is 20.3 Å². The van der Waals surface area contributed by atoms with Crippen LogP contribution in [-0.2, 0) is 9.31 Å². The summed E-state index contributed by atoms with van der Waals surface area (Å²) in [6.07, 6.45) is 0.514. The summed E-state index contributed by atoms with van der Waals surface area (Å²) in [5.74, 6) is 0. The first-order valence-corrected chi connectivity index (χ1v) is 2.74. The molecule has 0 aliphatic rings. The van der Waals surface area contributed by atoms with Gasteiger partial charge in [0.1, 0.15) is 0 Å².